The predicted molar refractivity (Wildman–Crippen MR) is 82.2 cm³/mol. The Balaban J connectivity index is 1.99. The smallest absolute Gasteiger partial charge is 0.337 e. The Morgan fingerprint density at radius 3 is 2.85 bits per heavy atom. The number of hydrogen-bond acceptors (Lipinski definition) is 3. The average molecular weight is 274 g/mol. The molecule has 0 saturated carbocycles. The molecule has 4 heteroatoms. The van der Waals surface area contributed by atoms with E-state index in [1.807, 2.05) is 13.0 Å². The third-order valence-electron chi connectivity index (χ3n) is 3.78. The maximum atomic E-state index is 11.1. The molecule has 108 valence electrons. The van der Waals surface area contributed by atoms with Gasteiger partial charge in [-0.1, -0.05) is 11.6 Å². The van der Waals surface area contributed by atoms with Crippen molar-refractivity contribution in [1.82, 2.24) is 0 Å². The molecule has 4 nitrogen and oxygen atoms in total. The van der Waals surface area contributed by atoms with Crippen LogP contribution in [0.15, 0.2) is 23.8 Å². The Bertz CT molecular complexity index is 536. The minimum atomic E-state index is -0.982. The van der Waals surface area contributed by atoms with Crippen molar-refractivity contribution in [3.8, 4) is 0 Å². The van der Waals surface area contributed by atoms with Crippen molar-refractivity contribution < 1.29 is 9.90 Å². The highest BCUT2D eigenvalue weighted by atomic mass is 16.4. The van der Waals surface area contributed by atoms with Gasteiger partial charge in [0, 0.05) is 17.9 Å². The lowest BCUT2D eigenvalue weighted by atomic mass is 9.97. The fourth-order valence-electron chi connectivity index (χ4n) is 2.58. The fraction of sp³-hybridized carbons (Fsp3) is 0.438. The van der Waals surface area contributed by atoms with E-state index >= 15 is 0 Å². The van der Waals surface area contributed by atoms with Crippen molar-refractivity contribution in [2.75, 3.05) is 17.6 Å². The number of carboxylic acid groups (broad SMARTS) is 1. The summed E-state index contributed by atoms with van der Waals surface area (Å²) in [5.74, 6) is -0.982. The summed E-state index contributed by atoms with van der Waals surface area (Å²) in [6, 6.07) is 3.51. The quantitative estimate of drug-likeness (QED) is 0.566. The van der Waals surface area contributed by atoms with E-state index in [2.05, 4.69) is 11.4 Å². The molecule has 4 N–H and O–H groups in total. The number of rotatable bonds is 5. The monoisotopic (exact) mass is 274 g/mol. The molecule has 1 aromatic rings. The standard InChI is InChI=1S/C16H22N2O2/c1-11-9-13(10-14(15(11)17)16(19)20)18-8-7-12-5-3-2-4-6-12/h5,9-10,18H,2-4,6-8,17H2,1H3,(H,19,20). The molecule has 0 spiro atoms. The Kier molecular flexibility index (Phi) is 4.66. The van der Waals surface area contributed by atoms with Gasteiger partial charge in [0.2, 0.25) is 0 Å². The maximum absolute atomic E-state index is 11.1. The highest BCUT2D eigenvalue weighted by Gasteiger charge is 2.11. The van der Waals surface area contributed by atoms with Gasteiger partial charge in [-0.05, 0) is 56.7 Å². The van der Waals surface area contributed by atoms with Crippen LogP contribution in [-0.2, 0) is 0 Å². The summed E-state index contributed by atoms with van der Waals surface area (Å²) in [5.41, 5.74) is 9.43. The van der Waals surface area contributed by atoms with Crippen LogP contribution in [0.2, 0.25) is 0 Å². The summed E-state index contributed by atoms with van der Waals surface area (Å²) in [5, 5.41) is 12.4. The lowest BCUT2D eigenvalue weighted by molar-refractivity contribution is 0.0698. The highest BCUT2D eigenvalue weighted by molar-refractivity contribution is 5.95. The summed E-state index contributed by atoms with van der Waals surface area (Å²) in [4.78, 5) is 11.1. The zero-order valence-electron chi connectivity index (χ0n) is 11.9. The predicted octanol–water partition coefficient (Wildman–Crippen LogP) is 3.58. The summed E-state index contributed by atoms with van der Waals surface area (Å²) < 4.78 is 0. The lowest BCUT2D eigenvalue weighted by Crippen LogP contribution is -2.08. The number of aryl methyl sites for hydroxylation is 1. The second-order valence-corrected chi connectivity index (χ2v) is 5.34. The SMILES string of the molecule is Cc1cc(NCCC2=CCCCC2)cc(C(=O)O)c1N. The number of aromatic carboxylic acids is 1. The van der Waals surface area contributed by atoms with Crippen molar-refractivity contribution in [1.29, 1.82) is 0 Å². The molecular formula is C16H22N2O2. The molecule has 0 bridgehead atoms. The molecule has 0 aromatic heterocycles. The van der Waals surface area contributed by atoms with Gasteiger partial charge in [-0.2, -0.15) is 0 Å². The Labute approximate surface area is 119 Å². The molecule has 0 aliphatic heterocycles. The molecule has 0 unspecified atom stereocenters. The van der Waals surface area contributed by atoms with Crippen LogP contribution < -0.4 is 11.1 Å². The van der Waals surface area contributed by atoms with Gasteiger partial charge >= 0.3 is 5.97 Å². The van der Waals surface area contributed by atoms with E-state index in [0.717, 1.165) is 24.2 Å². The summed E-state index contributed by atoms with van der Waals surface area (Å²) in [6.45, 7) is 2.66. The fourth-order valence-corrected chi connectivity index (χ4v) is 2.58. The Hall–Kier alpha value is -1.97. The van der Waals surface area contributed by atoms with Crippen LogP contribution in [0.5, 0.6) is 0 Å². The molecule has 0 saturated heterocycles. The van der Waals surface area contributed by atoms with Crippen molar-refractivity contribution in [2.45, 2.75) is 39.0 Å². The van der Waals surface area contributed by atoms with Gasteiger partial charge in [0.25, 0.3) is 0 Å². The topological polar surface area (TPSA) is 75.3 Å². The van der Waals surface area contributed by atoms with E-state index < -0.39 is 5.97 Å². The van der Waals surface area contributed by atoms with E-state index in [9.17, 15) is 4.79 Å². The molecule has 0 amide bonds. The molecule has 1 aliphatic rings. The van der Waals surface area contributed by atoms with Gasteiger partial charge in [0.15, 0.2) is 0 Å². The molecule has 0 heterocycles. The van der Waals surface area contributed by atoms with Crippen molar-refractivity contribution in [3.05, 3.63) is 34.9 Å². The normalized spacial score (nSPS) is 14.8. The van der Waals surface area contributed by atoms with Gasteiger partial charge in [-0.25, -0.2) is 4.79 Å². The van der Waals surface area contributed by atoms with Crippen LogP contribution in [0.3, 0.4) is 0 Å². The number of allylic oxidation sites excluding steroid dienone is 1. The summed E-state index contributed by atoms with van der Waals surface area (Å²) in [6.07, 6.45) is 8.34. The van der Waals surface area contributed by atoms with Crippen LogP contribution in [0.1, 0.15) is 48.0 Å². The second-order valence-electron chi connectivity index (χ2n) is 5.34. The Morgan fingerprint density at radius 2 is 2.20 bits per heavy atom. The number of nitrogen functional groups attached to an aromatic ring is 1. The minimum Gasteiger partial charge on any atom is -0.478 e. The van der Waals surface area contributed by atoms with Crippen LogP contribution in [0.4, 0.5) is 11.4 Å². The first kappa shape index (κ1) is 14.4. The third-order valence-corrected chi connectivity index (χ3v) is 3.78. The zero-order chi connectivity index (χ0) is 14.5. The summed E-state index contributed by atoms with van der Waals surface area (Å²) >= 11 is 0. The van der Waals surface area contributed by atoms with E-state index in [1.54, 1.807) is 6.07 Å². The number of anilines is 2. The van der Waals surface area contributed by atoms with Crippen molar-refractivity contribution in [3.63, 3.8) is 0 Å². The lowest BCUT2D eigenvalue weighted by Gasteiger charge is -2.14. The molecule has 1 aliphatic carbocycles. The molecule has 0 radical (unpaired) electrons. The van der Waals surface area contributed by atoms with Gasteiger partial charge in [-0.3, -0.25) is 0 Å². The van der Waals surface area contributed by atoms with Crippen LogP contribution >= 0.6 is 0 Å². The molecular weight excluding hydrogens is 252 g/mol. The van der Waals surface area contributed by atoms with E-state index in [4.69, 9.17) is 10.8 Å². The molecule has 0 fully saturated rings. The molecule has 20 heavy (non-hydrogen) atoms. The van der Waals surface area contributed by atoms with E-state index in [0.29, 0.717) is 5.69 Å². The van der Waals surface area contributed by atoms with Crippen LogP contribution in [0, 0.1) is 6.92 Å². The third kappa shape index (κ3) is 3.53. The van der Waals surface area contributed by atoms with Crippen LogP contribution in [-0.4, -0.2) is 17.6 Å². The first-order chi connectivity index (χ1) is 9.58. The van der Waals surface area contributed by atoms with Gasteiger partial charge < -0.3 is 16.2 Å². The largest absolute Gasteiger partial charge is 0.478 e. The van der Waals surface area contributed by atoms with Crippen molar-refractivity contribution in [2.24, 2.45) is 0 Å². The number of nitrogens with two attached hydrogens (primary N) is 1. The number of carboxylic acids is 1. The van der Waals surface area contributed by atoms with Gasteiger partial charge in [-0.15, -0.1) is 0 Å². The van der Waals surface area contributed by atoms with Crippen molar-refractivity contribution >= 4 is 17.3 Å². The van der Waals surface area contributed by atoms with E-state index in [1.165, 1.54) is 31.3 Å². The van der Waals surface area contributed by atoms with Crippen LogP contribution in [0.25, 0.3) is 0 Å². The van der Waals surface area contributed by atoms with Gasteiger partial charge in [0.05, 0.1) is 5.56 Å². The molecule has 2 rings (SSSR count). The molecule has 0 atom stereocenters. The summed E-state index contributed by atoms with van der Waals surface area (Å²) in [7, 11) is 0. The average Bonchev–Trinajstić information content (AvgIpc) is 2.43. The maximum Gasteiger partial charge on any atom is 0.337 e. The zero-order valence-corrected chi connectivity index (χ0v) is 11.9. The van der Waals surface area contributed by atoms with Gasteiger partial charge in [0.1, 0.15) is 0 Å². The number of benzene rings is 1. The molecule has 1 aromatic carbocycles. The number of hydrogen-bond donors (Lipinski definition) is 3. The number of nitrogens with one attached hydrogen (secondary N) is 1. The Morgan fingerprint density at radius 1 is 1.40 bits per heavy atom. The second kappa shape index (κ2) is 6.46. The number of carbonyl (C=O) groups is 1. The first-order valence-corrected chi connectivity index (χ1v) is 7.13. The highest BCUT2D eigenvalue weighted by Crippen LogP contribution is 2.24. The van der Waals surface area contributed by atoms with E-state index in [-0.39, 0.29) is 5.56 Å². The first-order valence-electron chi connectivity index (χ1n) is 7.13. The minimum absolute atomic E-state index is 0.171.